The zero-order chi connectivity index (χ0) is 53.8. The minimum Gasteiger partial charge on any atom is -0.384 e. The van der Waals surface area contributed by atoms with Crippen molar-refractivity contribution in [2.75, 3.05) is 13.2 Å². The van der Waals surface area contributed by atoms with Gasteiger partial charge in [0.15, 0.2) is 0 Å². The maximum atomic E-state index is 12.6. The third kappa shape index (κ3) is 16.3. The Labute approximate surface area is 348 Å². The number of hydrogen-bond donors (Lipinski definition) is 0. The van der Waals surface area contributed by atoms with Gasteiger partial charge in [-0.15, -0.1) is 9.05 Å². The molecule has 0 aliphatic rings. The first kappa shape index (κ1) is 66.6. The molecule has 0 bridgehead atoms. The molecule has 66 heavy (non-hydrogen) atoms. The molecule has 0 unspecified atom stereocenters. The summed E-state index contributed by atoms with van der Waals surface area (Å²) in [6, 6.07) is 0. The lowest BCUT2D eigenvalue weighted by Crippen LogP contribution is -2.60. The van der Waals surface area contributed by atoms with Crippen LogP contribution in [0.15, 0.2) is 0 Å². The van der Waals surface area contributed by atoms with Crippen LogP contribution in [0, 0.1) is 0 Å². The van der Waals surface area contributed by atoms with Gasteiger partial charge in [0.05, 0.1) is 0 Å². The van der Waals surface area contributed by atoms with E-state index in [0.717, 1.165) is 25.7 Å². The molecule has 38 heteroatoms. The van der Waals surface area contributed by atoms with Crippen LogP contribution in [0.2, 0.25) is 0 Å². The third-order valence-corrected chi connectivity index (χ3v) is 7.57. The second-order valence-electron chi connectivity index (χ2n) is 12.0. The van der Waals surface area contributed by atoms with Crippen LogP contribution in [0.4, 0.5) is 123 Å². The van der Waals surface area contributed by atoms with Crippen molar-refractivity contribution in [1.29, 1.82) is 0 Å². The average molecular weight is 1070 g/mol. The summed E-state index contributed by atoms with van der Waals surface area (Å²) in [6.45, 7) is 5.45. The van der Waals surface area contributed by atoms with E-state index in [4.69, 9.17) is 9.05 Å². The number of rotatable bonds is 20. The van der Waals surface area contributed by atoms with Crippen molar-refractivity contribution in [2.45, 2.75) is 137 Å². The van der Waals surface area contributed by atoms with Crippen LogP contribution in [-0.4, -0.2) is 109 Å². The van der Waals surface area contributed by atoms with E-state index in [1.165, 1.54) is 25.7 Å². The number of esters is 4. The standard InChI is InChI=1S/C12H26O3P.2C8F14O3/c1-3-5-7-9-11-14-16(13)15-12-10-8-6-4-2;2*9-3(10,5(13,14)7(17,18)19)1(23)25-2(24)4(11,12)6(15,16)8(20,21)22/h3-12H2,1-2H3;;/q+1;;. The number of hydrogen-bond acceptors (Lipinski definition) is 9. The summed E-state index contributed by atoms with van der Waals surface area (Å²) < 4.78 is 365. The second kappa shape index (κ2) is 23.6. The molecule has 0 spiro atoms. The lowest BCUT2D eigenvalue weighted by molar-refractivity contribution is -0.354. The molecule has 0 N–H and O–H groups in total. The molecule has 0 radical (unpaired) electrons. The van der Waals surface area contributed by atoms with Crippen molar-refractivity contribution >= 4 is 32.1 Å². The second-order valence-corrected chi connectivity index (χ2v) is 12.9. The van der Waals surface area contributed by atoms with Crippen molar-refractivity contribution in [2.24, 2.45) is 0 Å². The zero-order valence-corrected chi connectivity index (χ0v) is 32.7. The van der Waals surface area contributed by atoms with E-state index in [-0.39, 0.29) is 0 Å². The minimum atomic E-state index is -7.33. The van der Waals surface area contributed by atoms with E-state index >= 15 is 0 Å². The van der Waals surface area contributed by atoms with E-state index in [9.17, 15) is 147 Å². The summed E-state index contributed by atoms with van der Waals surface area (Å²) in [5, 5.41) is 0. The molecule has 0 saturated heterocycles. The Kier molecular flexibility index (Phi) is 23.8. The molecular weight excluding hydrogens is 1040 g/mol. The molecule has 0 fully saturated rings. The first-order chi connectivity index (χ1) is 28.9. The highest BCUT2D eigenvalue weighted by molar-refractivity contribution is 7.33. The Hall–Kier alpha value is -3.66. The van der Waals surface area contributed by atoms with Gasteiger partial charge in [-0.3, -0.25) is 0 Å². The van der Waals surface area contributed by atoms with E-state index < -0.39 is 104 Å². The fourth-order valence-electron chi connectivity index (χ4n) is 3.02. The summed E-state index contributed by atoms with van der Waals surface area (Å²) in [5.74, 6) is -75.5. The van der Waals surface area contributed by atoms with Gasteiger partial charge in [0.1, 0.15) is 13.2 Å². The van der Waals surface area contributed by atoms with Gasteiger partial charge < -0.3 is 9.47 Å². The summed E-state index contributed by atoms with van der Waals surface area (Å²) in [4.78, 5) is 41.4. The summed E-state index contributed by atoms with van der Waals surface area (Å²) in [5.41, 5.74) is 0. The number of halogens is 28. The molecule has 0 heterocycles. The monoisotopic (exact) mass is 1070 g/mol. The van der Waals surface area contributed by atoms with Gasteiger partial charge in [0.25, 0.3) is 0 Å². The molecule has 0 atom stereocenters. The normalized spacial score (nSPS) is 14.0. The van der Waals surface area contributed by atoms with Crippen molar-refractivity contribution in [3.8, 4) is 0 Å². The number of alkyl halides is 28. The quantitative estimate of drug-likeness (QED) is 0.0386. The van der Waals surface area contributed by atoms with E-state index in [2.05, 4.69) is 13.8 Å². The maximum Gasteiger partial charge on any atom is 0.697 e. The molecule has 0 amide bonds. The van der Waals surface area contributed by atoms with E-state index in [1.54, 1.807) is 0 Å². The molecule has 0 rings (SSSR count). The van der Waals surface area contributed by atoms with Crippen LogP contribution in [0.25, 0.3) is 0 Å². The number of carbonyl (C=O) groups is 4. The van der Waals surface area contributed by atoms with Gasteiger partial charge in [-0.25, -0.2) is 19.2 Å². The van der Waals surface area contributed by atoms with Gasteiger partial charge in [0, 0.05) is 4.57 Å². The fraction of sp³-hybridized carbons (Fsp3) is 0.857. The lowest BCUT2D eigenvalue weighted by Gasteiger charge is -2.28. The largest absolute Gasteiger partial charge is 0.697 e. The average Bonchev–Trinajstić information content (AvgIpc) is 3.12. The van der Waals surface area contributed by atoms with Crippen molar-refractivity contribution in [3.05, 3.63) is 0 Å². The molecule has 392 valence electrons. The molecule has 0 saturated carbocycles. The molecule has 0 aliphatic carbocycles. The van der Waals surface area contributed by atoms with Gasteiger partial charge in [0.2, 0.25) is 0 Å². The van der Waals surface area contributed by atoms with Crippen LogP contribution in [0.5, 0.6) is 0 Å². The van der Waals surface area contributed by atoms with E-state index in [0.29, 0.717) is 13.2 Å². The van der Waals surface area contributed by atoms with E-state index in [1.807, 2.05) is 9.47 Å². The first-order valence-corrected chi connectivity index (χ1v) is 17.6. The molecular formula is C28H26F28O9P+. The van der Waals surface area contributed by atoms with Crippen LogP contribution in [-0.2, 0) is 42.3 Å². The molecule has 0 aromatic rings. The number of carbonyl (C=O) groups excluding carboxylic acids is 4. The molecule has 0 aromatic heterocycles. The predicted octanol–water partition coefficient (Wildman–Crippen LogP) is 12.3. The molecule has 9 nitrogen and oxygen atoms in total. The lowest BCUT2D eigenvalue weighted by atomic mass is 10.1. The Balaban J connectivity index is -0.000000927. The highest BCUT2D eigenvalue weighted by Gasteiger charge is 2.82. The van der Waals surface area contributed by atoms with Gasteiger partial charge in [-0.2, -0.15) is 123 Å². The Bertz CT molecular complexity index is 1390. The summed E-state index contributed by atoms with van der Waals surface area (Å²) >= 11 is 0. The number of ether oxygens (including phenoxy) is 2. The smallest absolute Gasteiger partial charge is 0.384 e. The van der Waals surface area contributed by atoms with Gasteiger partial charge in [-0.1, -0.05) is 52.4 Å². The van der Waals surface area contributed by atoms with Crippen molar-refractivity contribution < 1.29 is 165 Å². The highest BCUT2D eigenvalue weighted by Crippen LogP contribution is 2.51. The van der Waals surface area contributed by atoms with Crippen molar-refractivity contribution in [3.63, 3.8) is 0 Å². The van der Waals surface area contributed by atoms with Crippen molar-refractivity contribution in [1.82, 2.24) is 0 Å². The summed E-state index contributed by atoms with van der Waals surface area (Å²) in [7, 11) is -1.87. The Morgan fingerprint density at radius 2 is 0.515 bits per heavy atom. The van der Waals surface area contributed by atoms with Crippen LogP contribution in [0.3, 0.4) is 0 Å². The van der Waals surface area contributed by atoms with Crippen LogP contribution >= 0.6 is 8.25 Å². The van der Waals surface area contributed by atoms with Gasteiger partial charge >= 0.3 is 104 Å². The number of unbranched alkanes of at least 4 members (excludes halogenated alkanes) is 6. The zero-order valence-electron chi connectivity index (χ0n) is 31.8. The predicted molar refractivity (Wildman–Crippen MR) is 154 cm³/mol. The molecule has 0 aromatic carbocycles. The maximum absolute atomic E-state index is 12.6. The topological polar surface area (TPSA) is 122 Å². The SMILES string of the molecule is CCCCCCO[P+](=O)OCCCCCC.O=C(OC(=O)C(F)(F)C(F)(F)C(F)(F)F)C(F)(F)C(F)(F)C(F)(F)F.O=C(OC(=O)C(F)(F)C(F)(F)C(F)(F)F)C(F)(F)C(F)(F)C(F)(F)F. The Morgan fingerprint density at radius 3 is 0.667 bits per heavy atom. The van der Waals surface area contributed by atoms with Crippen LogP contribution < -0.4 is 0 Å². The Morgan fingerprint density at radius 1 is 0.333 bits per heavy atom. The third-order valence-electron chi connectivity index (χ3n) is 6.79. The first-order valence-electron chi connectivity index (χ1n) is 16.5. The van der Waals surface area contributed by atoms with Crippen LogP contribution in [0.1, 0.15) is 65.2 Å². The molecule has 0 aliphatic heterocycles. The fourth-order valence-corrected chi connectivity index (χ4v) is 3.65. The minimum absolute atomic E-state index is 0.560. The van der Waals surface area contributed by atoms with Gasteiger partial charge in [-0.05, 0) is 12.8 Å². The highest BCUT2D eigenvalue weighted by atomic mass is 31.1. The summed E-state index contributed by atoms with van der Waals surface area (Å²) in [6.07, 6.45) is -19.7.